The minimum atomic E-state index is -0.230. The second kappa shape index (κ2) is 14.6. The van der Waals surface area contributed by atoms with Crippen molar-refractivity contribution in [2.75, 3.05) is 50.2 Å². The average molecular weight is 681 g/mol. The van der Waals surface area contributed by atoms with E-state index in [9.17, 15) is 14.9 Å². The Morgan fingerprint density at radius 3 is 2.23 bits per heavy atom. The zero-order valence-electron chi connectivity index (χ0n) is 26.5. The standard InChI is InChI=1S/C36H33ClN6O4S/c1-46-31-17-27(18-32(19-31)47-2)35(44)43(23-30-21-39-24-42(30)22-26-5-3-25(20-38)4-6-26)29-9-7-28(8-10-29)40-13-15-41(16-14-40)36(45)33-11-12-34(37)48-33/h3-12,17-19,21,24H,13-16,22-23H2,1-2H3. The fourth-order valence-electron chi connectivity index (χ4n) is 5.63. The van der Waals surface area contributed by atoms with Gasteiger partial charge < -0.3 is 28.7 Å². The Morgan fingerprint density at radius 1 is 0.938 bits per heavy atom. The number of hydrogen-bond acceptors (Lipinski definition) is 8. The van der Waals surface area contributed by atoms with E-state index in [1.165, 1.54) is 11.3 Å². The van der Waals surface area contributed by atoms with Gasteiger partial charge in [0.25, 0.3) is 11.8 Å². The average Bonchev–Trinajstić information content (AvgIpc) is 3.78. The lowest BCUT2D eigenvalue weighted by Crippen LogP contribution is -2.48. The van der Waals surface area contributed by atoms with Crippen molar-refractivity contribution in [1.82, 2.24) is 14.5 Å². The molecule has 2 amide bonds. The number of rotatable bonds is 10. The van der Waals surface area contributed by atoms with Crippen molar-refractivity contribution in [1.29, 1.82) is 5.26 Å². The number of imidazole rings is 1. The number of carbonyl (C=O) groups excluding carboxylic acids is 2. The summed E-state index contributed by atoms with van der Waals surface area (Å²) in [5.41, 5.74) is 4.57. The van der Waals surface area contributed by atoms with E-state index in [0.717, 1.165) is 16.9 Å². The van der Waals surface area contributed by atoms with Crippen LogP contribution in [0.2, 0.25) is 4.34 Å². The van der Waals surface area contributed by atoms with Crippen molar-refractivity contribution in [3.63, 3.8) is 0 Å². The van der Waals surface area contributed by atoms with Gasteiger partial charge in [0.2, 0.25) is 0 Å². The largest absolute Gasteiger partial charge is 0.497 e. The number of nitriles is 1. The lowest BCUT2D eigenvalue weighted by Gasteiger charge is -2.36. The lowest BCUT2D eigenvalue weighted by atomic mass is 10.1. The van der Waals surface area contributed by atoms with Crippen LogP contribution in [-0.4, -0.2) is 66.7 Å². The molecule has 5 aromatic rings. The van der Waals surface area contributed by atoms with E-state index in [1.54, 1.807) is 74.1 Å². The van der Waals surface area contributed by atoms with Gasteiger partial charge in [-0.3, -0.25) is 9.59 Å². The first kappa shape index (κ1) is 32.6. The number of ether oxygens (including phenoxy) is 2. The first-order valence-electron chi connectivity index (χ1n) is 15.3. The fourth-order valence-corrected chi connectivity index (χ4v) is 6.64. The predicted octanol–water partition coefficient (Wildman–Crippen LogP) is 6.34. The van der Waals surface area contributed by atoms with Crippen LogP contribution in [0.3, 0.4) is 0 Å². The van der Waals surface area contributed by atoms with Crippen LogP contribution in [0.5, 0.6) is 11.5 Å². The maximum atomic E-state index is 14.3. The molecular formula is C36H33ClN6O4S. The first-order chi connectivity index (χ1) is 23.3. The number of anilines is 2. The second-order valence-electron chi connectivity index (χ2n) is 11.2. The second-order valence-corrected chi connectivity index (χ2v) is 12.9. The molecular weight excluding hydrogens is 648 g/mol. The van der Waals surface area contributed by atoms with Crippen LogP contribution in [0, 0.1) is 11.3 Å². The Hall–Kier alpha value is -5.31. The van der Waals surface area contributed by atoms with E-state index in [-0.39, 0.29) is 18.4 Å². The maximum Gasteiger partial charge on any atom is 0.264 e. The van der Waals surface area contributed by atoms with Gasteiger partial charge in [-0.15, -0.1) is 11.3 Å². The van der Waals surface area contributed by atoms with Crippen LogP contribution in [-0.2, 0) is 13.1 Å². The van der Waals surface area contributed by atoms with Crippen LogP contribution in [0.25, 0.3) is 0 Å². The van der Waals surface area contributed by atoms with E-state index in [1.807, 2.05) is 45.9 Å². The minimum absolute atomic E-state index is 0.00338. The smallest absolute Gasteiger partial charge is 0.264 e. The molecule has 244 valence electrons. The molecule has 0 aliphatic carbocycles. The molecule has 3 heterocycles. The number of benzene rings is 3. The Morgan fingerprint density at radius 2 is 1.62 bits per heavy atom. The molecule has 6 rings (SSSR count). The SMILES string of the molecule is COc1cc(OC)cc(C(=O)N(Cc2cncn2Cc2ccc(C#N)cc2)c2ccc(N3CCN(C(=O)c4ccc(Cl)s4)CC3)cc2)c1. The van der Waals surface area contributed by atoms with Gasteiger partial charge in [0.15, 0.2) is 0 Å². The highest BCUT2D eigenvalue weighted by atomic mass is 35.5. The zero-order chi connectivity index (χ0) is 33.6. The molecule has 2 aromatic heterocycles. The number of amides is 2. The highest BCUT2D eigenvalue weighted by Gasteiger charge is 2.25. The van der Waals surface area contributed by atoms with E-state index < -0.39 is 0 Å². The summed E-state index contributed by atoms with van der Waals surface area (Å²) in [7, 11) is 3.10. The van der Waals surface area contributed by atoms with Gasteiger partial charge >= 0.3 is 0 Å². The van der Waals surface area contributed by atoms with Crippen LogP contribution in [0.1, 0.15) is 36.9 Å². The number of thiophene rings is 1. The molecule has 0 radical (unpaired) electrons. The number of nitrogens with zero attached hydrogens (tertiary/aromatic N) is 6. The molecule has 1 aliphatic rings. The van der Waals surface area contributed by atoms with Crippen molar-refractivity contribution in [3.05, 3.63) is 123 Å². The summed E-state index contributed by atoms with van der Waals surface area (Å²) >= 11 is 7.34. The monoisotopic (exact) mass is 680 g/mol. The third-order valence-electron chi connectivity index (χ3n) is 8.28. The Balaban J connectivity index is 1.24. The third kappa shape index (κ3) is 7.30. The summed E-state index contributed by atoms with van der Waals surface area (Å²) in [6.07, 6.45) is 3.50. The summed E-state index contributed by atoms with van der Waals surface area (Å²) < 4.78 is 13.5. The van der Waals surface area contributed by atoms with Gasteiger partial charge in [-0.1, -0.05) is 23.7 Å². The van der Waals surface area contributed by atoms with Crippen molar-refractivity contribution in [3.8, 4) is 17.6 Å². The maximum absolute atomic E-state index is 14.3. The molecule has 10 nitrogen and oxygen atoms in total. The topological polar surface area (TPSA) is 104 Å². The van der Waals surface area contributed by atoms with Gasteiger partial charge in [-0.2, -0.15) is 5.26 Å². The van der Waals surface area contributed by atoms with Crippen molar-refractivity contribution in [2.45, 2.75) is 13.1 Å². The van der Waals surface area contributed by atoms with Crippen molar-refractivity contribution < 1.29 is 19.1 Å². The van der Waals surface area contributed by atoms with Gasteiger partial charge in [-0.25, -0.2) is 4.98 Å². The first-order valence-corrected chi connectivity index (χ1v) is 16.5. The molecule has 12 heteroatoms. The fraction of sp³-hybridized carbons (Fsp3) is 0.222. The van der Waals surface area contributed by atoms with Crippen molar-refractivity contribution in [2.24, 2.45) is 0 Å². The van der Waals surface area contributed by atoms with Crippen LogP contribution in [0.15, 0.2) is 91.4 Å². The minimum Gasteiger partial charge on any atom is -0.497 e. The molecule has 0 N–H and O–H groups in total. The Bertz CT molecular complexity index is 1920. The van der Waals surface area contributed by atoms with Crippen molar-refractivity contribution >= 4 is 46.1 Å². The Labute approximate surface area is 287 Å². The number of hydrogen-bond donors (Lipinski definition) is 0. The van der Waals surface area contributed by atoms with E-state index >= 15 is 0 Å². The third-order valence-corrected chi connectivity index (χ3v) is 9.49. The number of piperazine rings is 1. The van der Waals surface area contributed by atoms with Crippen LogP contribution in [0.4, 0.5) is 11.4 Å². The zero-order valence-corrected chi connectivity index (χ0v) is 28.1. The van der Waals surface area contributed by atoms with Gasteiger partial charge in [-0.05, 0) is 66.2 Å². The molecule has 1 aliphatic heterocycles. The summed E-state index contributed by atoms with van der Waals surface area (Å²) in [6.45, 7) is 3.35. The van der Waals surface area contributed by atoms with Crippen LogP contribution < -0.4 is 19.3 Å². The van der Waals surface area contributed by atoms with E-state index in [0.29, 0.717) is 70.3 Å². The molecule has 0 spiro atoms. The van der Waals surface area contributed by atoms with Gasteiger partial charge in [0, 0.05) is 61.9 Å². The molecule has 3 aromatic carbocycles. The van der Waals surface area contributed by atoms with Gasteiger partial charge in [0.1, 0.15) is 11.5 Å². The number of aromatic nitrogens is 2. The molecule has 0 unspecified atom stereocenters. The lowest BCUT2D eigenvalue weighted by molar-refractivity contribution is 0.0751. The quantitative estimate of drug-likeness (QED) is 0.170. The van der Waals surface area contributed by atoms with Gasteiger partial charge in [0.05, 0.1) is 53.6 Å². The van der Waals surface area contributed by atoms with E-state index in [4.69, 9.17) is 21.1 Å². The highest BCUT2D eigenvalue weighted by molar-refractivity contribution is 7.17. The highest BCUT2D eigenvalue weighted by Crippen LogP contribution is 2.29. The summed E-state index contributed by atoms with van der Waals surface area (Å²) in [5.74, 6) is 0.799. The number of methoxy groups -OCH3 is 2. The molecule has 0 bridgehead atoms. The molecule has 1 saturated heterocycles. The summed E-state index contributed by atoms with van der Waals surface area (Å²) in [4.78, 5) is 38.0. The van der Waals surface area contributed by atoms with E-state index in [2.05, 4.69) is 16.0 Å². The Kier molecular flexibility index (Phi) is 9.94. The molecule has 0 atom stereocenters. The predicted molar refractivity (Wildman–Crippen MR) is 186 cm³/mol. The molecule has 0 saturated carbocycles. The normalized spacial score (nSPS) is 12.8. The molecule has 48 heavy (non-hydrogen) atoms. The summed E-state index contributed by atoms with van der Waals surface area (Å²) in [5, 5.41) is 9.17. The van der Waals surface area contributed by atoms with Crippen LogP contribution >= 0.6 is 22.9 Å². The number of carbonyl (C=O) groups is 2. The number of halogens is 1. The summed E-state index contributed by atoms with van der Waals surface area (Å²) in [6, 6.07) is 26.1. The molecule has 1 fully saturated rings.